The Hall–Kier alpha value is -2.18. The standard InChI is InChI=1S/C23H24ClN3OS/c24-19-11-13-20(14-12-19)29(25,28)27-16-15-26-23-21-7-3-1-5-17(21)9-10-18-6-2-4-8-22(18)23/h1-8,11-14,23,26H,9-10,15-16H2,(H2,25,27,28). The van der Waals surface area contributed by atoms with Crippen LogP contribution in [-0.4, -0.2) is 17.3 Å². The average Bonchev–Trinajstić information content (AvgIpc) is 2.89. The molecule has 3 aromatic rings. The van der Waals surface area contributed by atoms with Gasteiger partial charge in [-0.1, -0.05) is 60.1 Å². The summed E-state index contributed by atoms with van der Waals surface area (Å²) in [6.07, 6.45) is 2.06. The lowest BCUT2D eigenvalue weighted by atomic mass is 9.94. The molecule has 0 saturated heterocycles. The maximum absolute atomic E-state index is 12.7. The van der Waals surface area contributed by atoms with Gasteiger partial charge in [-0.25, -0.2) is 13.7 Å². The Kier molecular flexibility index (Phi) is 6.01. The van der Waals surface area contributed by atoms with Crippen LogP contribution in [0.3, 0.4) is 0 Å². The molecule has 3 N–H and O–H groups in total. The van der Waals surface area contributed by atoms with Crippen molar-refractivity contribution in [2.45, 2.75) is 23.8 Å². The van der Waals surface area contributed by atoms with Gasteiger partial charge in [-0.05, 0) is 59.4 Å². The van der Waals surface area contributed by atoms with Crippen LogP contribution in [-0.2, 0) is 22.8 Å². The van der Waals surface area contributed by atoms with Gasteiger partial charge in [-0.2, -0.15) is 0 Å². The summed E-state index contributed by atoms with van der Waals surface area (Å²) < 4.78 is 23.7. The largest absolute Gasteiger partial charge is 0.305 e. The number of benzene rings is 3. The number of fused-ring (bicyclic) bond motifs is 2. The Morgan fingerprint density at radius 1 is 0.862 bits per heavy atom. The quantitative estimate of drug-likeness (QED) is 0.500. The lowest BCUT2D eigenvalue weighted by Crippen LogP contribution is -2.33. The second-order valence-electron chi connectivity index (χ2n) is 7.19. The van der Waals surface area contributed by atoms with E-state index < -0.39 is 9.92 Å². The van der Waals surface area contributed by atoms with Crippen molar-refractivity contribution in [1.29, 1.82) is 4.78 Å². The Labute approximate surface area is 177 Å². The molecule has 4 nitrogen and oxygen atoms in total. The maximum atomic E-state index is 12.7. The van der Waals surface area contributed by atoms with E-state index in [1.54, 1.807) is 24.3 Å². The summed E-state index contributed by atoms with van der Waals surface area (Å²) in [6.45, 7) is 1.02. The molecule has 0 amide bonds. The van der Waals surface area contributed by atoms with Gasteiger partial charge in [-0.3, -0.25) is 0 Å². The van der Waals surface area contributed by atoms with E-state index in [-0.39, 0.29) is 6.04 Å². The highest BCUT2D eigenvalue weighted by atomic mass is 35.5. The number of rotatable bonds is 6. The van der Waals surface area contributed by atoms with Gasteiger partial charge in [-0.15, -0.1) is 0 Å². The SMILES string of the molecule is N=S(=O)(NCCNC1c2ccccc2CCc2ccccc21)c1ccc(Cl)cc1. The summed E-state index contributed by atoms with van der Waals surface area (Å²) in [4.78, 5) is 0.437. The molecule has 0 bridgehead atoms. The van der Waals surface area contributed by atoms with Gasteiger partial charge >= 0.3 is 0 Å². The minimum Gasteiger partial charge on any atom is -0.305 e. The lowest BCUT2D eigenvalue weighted by Gasteiger charge is -2.22. The number of hydrogen-bond acceptors (Lipinski definition) is 3. The van der Waals surface area contributed by atoms with Crippen LogP contribution in [0.1, 0.15) is 28.3 Å². The van der Waals surface area contributed by atoms with Crippen LogP contribution in [0.4, 0.5) is 0 Å². The van der Waals surface area contributed by atoms with E-state index in [1.807, 2.05) is 0 Å². The molecule has 1 unspecified atom stereocenters. The molecule has 29 heavy (non-hydrogen) atoms. The van der Waals surface area contributed by atoms with Gasteiger partial charge in [0.15, 0.2) is 0 Å². The predicted molar refractivity (Wildman–Crippen MR) is 119 cm³/mol. The van der Waals surface area contributed by atoms with Crippen molar-refractivity contribution in [3.05, 3.63) is 100 Å². The van der Waals surface area contributed by atoms with E-state index >= 15 is 0 Å². The second kappa shape index (κ2) is 8.67. The minimum atomic E-state index is -3.06. The molecular formula is C23H24ClN3OS. The molecule has 1 atom stereocenters. The molecule has 150 valence electrons. The Balaban J connectivity index is 1.48. The Bertz CT molecular complexity index is 1050. The fraction of sp³-hybridized carbons (Fsp3) is 0.217. The van der Waals surface area contributed by atoms with Crippen molar-refractivity contribution in [3.8, 4) is 0 Å². The summed E-state index contributed by atoms with van der Waals surface area (Å²) >= 11 is 5.89. The molecule has 6 heteroatoms. The predicted octanol–water partition coefficient (Wildman–Crippen LogP) is 4.73. The molecule has 4 rings (SSSR count). The van der Waals surface area contributed by atoms with Crippen molar-refractivity contribution >= 4 is 21.5 Å². The highest BCUT2D eigenvalue weighted by Gasteiger charge is 2.22. The summed E-state index contributed by atoms with van der Waals surface area (Å²) in [5.74, 6) is 0. The molecule has 1 aliphatic carbocycles. The molecule has 1 aliphatic rings. The second-order valence-corrected chi connectivity index (χ2v) is 9.50. The van der Waals surface area contributed by atoms with Crippen molar-refractivity contribution in [2.24, 2.45) is 0 Å². The first-order valence-corrected chi connectivity index (χ1v) is 11.7. The Morgan fingerprint density at radius 3 is 2.00 bits per heavy atom. The summed E-state index contributed by atoms with van der Waals surface area (Å²) in [5.41, 5.74) is 5.31. The molecule has 3 aromatic carbocycles. The summed E-state index contributed by atoms with van der Waals surface area (Å²) in [5, 5.41) is 4.18. The van der Waals surface area contributed by atoms with Crippen LogP contribution in [0.25, 0.3) is 0 Å². The van der Waals surface area contributed by atoms with Crippen molar-refractivity contribution < 1.29 is 4.21 Å². The monoisotopic (exact) mass is 425 g/mol. The first kappa shape index (κ1) is 20.1. The number of aryl methyl sites for hydroxylation is 2. The summed E-state index contributed by atoms with van der Waals surface area (Å²) in [6, 6.07) is 23.8. The Morgan fingerprint density at radius 2 is 1.41 bits per heavy atom. The topological polar surface area (TPSA) is 65.0 Å². The van der Waals surface area contributed by atoms with Crippen molar-refractivity contribution in [3.63, 3.8) is 0 Å². The number of halogens is 1. The van der Waals surface area contributed by atoms with Crippen LogP contribution < -0.4 is 10.0 Å². The zero-order chi connectivity index (χ0) is 20.3. The van der Waals surface area contributed by atoms with E-state index in [1.165, 1.54) is 22.3 Å². The molecular weight excluding hydrogens is 402 g/mol. The third-order valence-corrected chi connectivity index (χ3v) is 7.12. The van der Waals surface area contributed by atoms with Crippen LogP contribution in [0.5, 0.6) is 0 Å². The van der Waals surface area contributed by atoms with Crippen LogP contribution in [0, 0.1) is 4.78 Å². The van der Waals surface area contributed by atoms with Crippen LogP contribution in [0.2, 0.25) is 5.02 Å². The minimum absolute atomic E-state index is 0.0871. The third-order valence-electron chi connectivity index (χ3n) is 5.32. The molecule has 0 spiro atoms. The van der Waals surface area contributed by atoms with E-state index in [2.05, 4.69) is 58.6 Å². The fourth-order valence-electron chi connectivity index (χ4n) is 3.86. The van der Waals surface area contributed by atoms with Crippen molar-refractivity contribution in [1.82, 2.24) is 10.0 Å². The third kappa shape index (κ3) is 4.54. The average molecular weight is 426 g/mol. The molecule has 0 saturated carbocycles. The van der Waals surface area contributed by atoms with Gasteiger partial charge < -0.3 is 5.32 Å². The maximum Gasteiger partial charge on any atom is 0.134 e. The first-order chi connectivity index (χ1) is 14.0. The highest BCUT2D eigenvalue weighted by molar-refractivity contribution is 7.90. The highest BCUT2D eigenvalue weighted by Crippen LogP contribution is 2.32. The van der Waals surface area contributed by atoms with E-state index in [4.69, 9.17) is 16.4 Å². The zero-order valence-electron chi connectivity index (χ0n) is 16.0. The van der Waals surface area contributed by atoms with Gasteiger partial charge in [0, 0.05) is 18.1 Å². The molecule has 0 aromatic heterocycles. The molecule has 0 aliphatic heterocycles. The number of nitrogens with one attached hydrogen (secondary N) is 3. The summed E-state index contributed by atoms with van der Waals surface area (Å²) in [7, 11) is -3.06. The van der Waals surface area contributed by atoms with Gasteiger partial charge in [0.25, 0.3) is 0 Å². The van der Waals surface area contributed by atoms with Crippen LogP contribution in [0.15, 0.2) is 77.7 Å². The van der Waals surface area contributed by atoms with Crippen LogP contribution >= 0.6 is 11.6 Å². The number of hydrogen-bond donors (Lipinski definition) is 3. The van der Waals surface area contributed by atoms with Gasteiger partial charge in [0.2, 0.25) is 0 Å². The molecule has 0 radical (unpaired) electrons. The molecule has 0 fully saturated rings. The van der Waals surface area contributed by atoms with Crippen molar-refractivity contribution in [2.75, 3.05) is 13.1 Å². The lowest BCUT2D eigenvalue weighted by molar-refractivity contribution is 0.594. The van der Waals surface area contributed by atoms with E-state index in [9.17, 15) is 4.21 Å². The first-order valence-electron chi connectivity index (χ1n) is 9.72. The smallest absolute Gasteiger partial charge is 0.134 e. The zero-order valence-corrected chi connectivity index (χ0v) is 17.6. The van der Waals surface area contributed by atoms with Gasteiger partial charge in [0.05, 0.1) is 10.9 Å². The van der Waals surface area contributed by atoms with E-state index in [0.717, 1.165) is 12.8 Å². The normalized spacial score (nSPS) is 15.8. The van der Waals surface area contributed by atoms with Gasteiger partial charge in [0.1, 0.15) is 9.92 Å². The van der Waals surface area contributed by atoms with E-state index in [0.29, 0.717) is 23.0 Å². The molecule has 0 heterocycles. The fourth-order valence-corrected chi connectivity index (χ4v) is 5.07.